The largest absolute Gasteiger partial charge is 0.457 e. The Balaban J connectivity index is 2.25. The molecule has 0 bridgehead atoms. The highest BCUT2D eigenvalue weighted by Crippen LogP contribution is 2.52. The average molecular weight is 598 g/mol. The van der Waals surface area contributed by atoms with Crippen LogP contribution in [0.1, 0.15) is 84.5 Å². The van der Waals surface area contributed by atoms with E-state index < -0.39 is 70.8 Å². The van der Waals surface area contributed by atoms with Crippen LogP contribution >= 0.6 is 0 Å². The van der Waals surface area contributed by atoms with E-state index in [0.717, 1.165) is 0 Å². The van der Waals surface area contributed by atoms with Crippen molar-refractivity contribution in [2.75, 3.05) is 0 Å². The molecule has 1 aromatic rings. The van der Waals surface area contributed by atoms with Gasteiger partial charge in [0.2, 0.25) is 0 Å². The predicted octanol–water partition coefficient (Wildman–Crippen LogP) is 4.34. The molecule has 1 heterocycles. The summed E-state index contributed by atoms with van der Waals surface area (Å²) >= 11 is 0. The molecule has 0 aliphatic heterocycles. The maximum absolute atomic E-state index is 14.2. The van der Waals surface area contributed by atoms with E-state index in [2.05, 4.69) is 11.6 Å². The third-order valence-corrected chi connectivity index (χ3v) is 8.21. The van der Waals surface area contributed by atoms with Crippen LogP contribution in [0.4, 0.5) is 0 Å². The van der Waals surface area contributed by atoms with Crippen molar-refractivity contribution < 1.29 is 43.3 Å². The molecule has 43 heavy (non-hydrogen) atoms. The van der Waals surface area contributed by atoms with Crippen LogP contribution in [-0.4, -0.2) is 63.0 Å². The van der Waals surface area contributed by atoms with Gasteiger partial charge in [-0.3, -0.25) is 24.2 Å². The summed E-state index contributed by atoms with van der Waals surface area (Å²) < 4.78 is 17.6. The zero-order valence-electron chi connectivity index (χ0n) is 26.0. The van der Waals surface area contributed by atoms with Crippen LogP contribution in [0, 0.1) is 23.2 Å². The van der Waals surface area contributed by atoms with Gasteiger partial charge in [0.1, 0.15) is 17.5 Å². The molecular weight excluding hydrogens is 554 g/mol. The van der Waals surface area contributed by atoms with Crippen molar-refractivity contribution in [3.8, 4) is 0 Å². The van der Waals surface area contributed by atoms with Crippen molar-refractivity contribution in [3.63, 3.8) is 0 Å². The van der Waals surface area contributed by atoms with Crippen LogP contribution in [0.25, 0.3) is 0 Å². The van der Waals surface area contributed by atoms with Crippen LogP contribution in [0.5, 0.6) is 0 Å². The number of hydrogen-bond donors (Lipinski definition) is 1. The van der Waals surface area contributed by atoms with Gasteiger partial charge in [0.05, 0.1) is 11.5 Å². The number of esters is 3. The maximum atomic E-state index is 14.2. The number of pyridine rings is 1. The van der Waals surface area contributed by atoms with E-state index in [0.29, 0.717) is 0 Å². The Hall–Kier alpha value is -3.66. The van der Waals surface area contributed by atoms with Gasteiger partial charge in [-0.2, -0.15) is 0 Å². The fraction of sp³-hybridized carbons (Fsp3) is 0.576. The molecule has 0 amide bonds. The van der Waals surface area contributed by atoms with E-state index >= 15 is 0 Å². The van der Waals surface area contributed by atoms with Crippen LogP contribution in [-0.2, 0) is 33.4 Å². The number of fused-ring (bicyclic) bond motifs is 1. The van der Waals surface area contributed by atoms with E-state index in [4.69, 9.17) is 14.2 Å². The Labute approximate surface area is 252 Å². The quantitative estimate of drug-likeness (QED) is 0.285. The number of rotatable bonds is 6. The molecule has 0 radical (unpaired) electrons. The van der Waals surface area contributed by atoms with Crippen molar-refractivity contribution in [2.24, 2.45) is 23.2 Å². The lowest BCUT2D eigenvalue weighted by Crippen LogP contribution is -2.54. The van der Waals surface area contributed by atoms with Gasteiger partial charge in [0.15, 0.2) is 17.5 Å². The minimum atomic E-state index is -2.30. The lowest BCUT2D eigenvalue weighted by atomic mass is 9.74. The average Bonchev–Trinajstić information content (AvgIpc) is 3.13. The summed E-state index contributed by atoms with van der Waals surface area (Å²) in [6.45, 7) is 15.4. The summed E-state index contributed by atoms with van der Waals surface area (Å²) in [6, 6.07) is 3.04. The monoisotopic (exact) mass is 597 g/mol. The molecule has 0 unspecified atom stereocenters. The van der Waals surface area contributed by atoms with E-state index in [1.54, 1.807) is 39.0 Å². The summed E-state index contributed by atoms with van der Waals surface area (Å²) in [5.74, 6) is -5.39. The molecule has 2 aliphatic rings. The highest BCUT2D eigenvalue weighted by atomic mass is 16.6. The molecule has 1 N–H and O–H groups in total. The van der Waals surface area contributed by atoms with Crippen molar-refractivity contribution in [3.05, 3.63) is 54.4 Å². The van der Waals surface area contributed by atoms with Crippen LogP contribution < -0.4 is 0 Å². The zero-order valence-corrected chi connectivity index (χ0v) is 26.0. The van der Waals surface area contributed by atoms with Crippen molar-refractivity contribution >= 4 is 29.5 Å². The fourth-order valence-corrected chi connectivity index (χ4v) is 5.90. The number of allylic oxidation sites excluding steroid dienone is 2. The molecule has 0 spiro atoms. The highest BCUT2D eigenvalue weighted by molar-refractivity contribution is 5.93. The third kappa shape index (κ3) is 7.47. The maximum Gasteiger partial charge on any atom is 0.340 e. The Kier molecular flexibility index (Phi) is 10.2. The molecule has 1 aromatic heterocycles. The first kappa shape index (κ1) is 33.8. The number of carbonyl (C=O) groups excluding carboxylic acids is 5. The summed E-state index contributed by atoms with van der Waals surface area (Å²) in [7, 11) is 0. The predicted molar refractivity (Wildman–Crippen MR) is 156 cm³/mol. The smallest absolute Gasteiger partial charge is 0.340 e. The van der Waals surface area contributed by atoms with Gasteiger partial charge in [0, 0.05) is 49.9 Å². The van der Waals surface area contributed by atoms with Gasteiger partial charge in [-0.15, -0.1) is 0 Å². The normalized spacial score (nSPS) is 31.8. The zero-order chi connectivity index (χ0) is 32.3. The molecule has 10 nitrogen and oxygen atoms in total. The van der Waals surface area contributed by atoms with E-state index in [-0.39, 0.29) is 42.1 Å². The minimum Gasteiger partial charge on any atom is -0.457 e. The Morgan fingerprint density at radius 1 is 1.14 bits per heavy atom. The summed E-state index contributed by atoms with van der Waals surface area (Å²) in [5, 5.41) is 12.4. The number of Topliss-reactive ketones (excluding diaryl/α,β-unsaturated/α-hetero) is 2. The van der Waals surface area contributed by atoms with Crippen LogP contribution in [0.2, 0.25) is 0 Å². The van der Waals surface area contributed by atoms with Crippen molar-refractivity contribution in [1.82, 2.24) is 4.98 Å². The van der Waals surface area contributed by atoms with E-state index in [1.165, 1.54) is 32.3 Å². The number of ether oxygens (including phenoxy) is 3. The summed E-state index contributed by atoms with van der Waals surface area (Å²) in [5.41, 5.74) is -4.59. The second kappa shape index (κ2) is 12.9. The first-order valence-electron chi connectivity index (χ1n) is 14.6. The standard InChI is InChI=1S/C33H43NO9/c1-19(2)16-25(37)42-29-26-27(41-22(5)35)20(3)11-12-24(36)31(6,7)14-13-21(4)28(38)33(26,40)18-32(29,8)43-30(39)23-10-9-15-34-17-23/h9-10,13-15,17,19,21,26-27,29,40H,3,11-12,16,18H2,1-2,4-8H3/b14-13+/t21-,26+,27+,29-,32-,33-/m1/s1. The number of nitrogens with zero attached hydrogens (tertiary/aromatic N) is 1. The fourth-order valence-electron chi connectivity index (χ4n) is 5.90. The topological polar surface area (TPSA) is 146 Å². The lowest BCUT2D eigenvalue weighted by molar-refractivity contribution is -0.178. The molecule has 6 atom stereocenters. The molecule has 1 saturated carbocycles. The lowest BCUT2D eigenvalue weighted by Gasteiger charge is -2.39. The van der Waals surface area contributed by atoms with E-state index in [1.807, 2.05) is 13.8 Å². The van der Waals surface area contributed by atoms with Gasteiger partial charge in [-0.1, -0.05) is 39.5 Å². The highest BCUT2D eigenvalue weighted by Gasteiger charge is 2.69. The number of aromatic nitrogens is 1. The molecule has 234 valence electrons. The second-order valence-corrected chi connectivity index (χ2v) is 12.9. The summed E-state index contributed by atoms with van der Waals surface area (Å²) in [6.07, 6.45) is 2.88. The van der Waals surface area contributed by atoms with Gasteiger partial charge < -0.3 is 19.3 Å². The number of hydrogen-bond acceptors (Lipinski definition) is 10. The van der Waals surface area contributed by atoms with Gasteiger partial charge in [-0.05, 0) is 50.8 Å². The first-order chi connectivity index (χ1) is 19.9. The molecule has 1 fully saturated rings. The molecule has 0 saturated heterocycles. The Morgan fingerprint density at radius 3 is 2.40 bits per heavy atom. The molecule has 10 heteroatoms. The minimum absolute atomic E-state index is 0.00410. The van der Waals surface area contributed by atoms with Crippen LogP contribution in [0.15, 0.2) is 48.8 Å². The summed E-state index contributed by atoms with van der Waals surface area (Å²) in [4.78, 5) is 70.2. The van der Waals surface area contributed by atoms with Crippen molar-refractivity contribution in [1.29, 1.82) is 0 Å². The van der Waals surface area contributed by atoms with Crippen molar-refractivity contribution in [2.45, 2.75) is 97.6 Å². The molecular formula is C33H43NO9. The number of aliphatic hydroxyl groups is 1. The molecule has 3 rings (SSSR count). The first-order valence-corrected chi connectivity index (χ1v) is 14.6. The van der Waals surface area contributed by atoms with Crippen LogP contribution in [0.3, 0.4) is 0 Å². The Bertz CT molecular complexity index is 1300. The third-order valence-electron chi connectivity index (χ3n) is 8.21. The van der Waals surface area contributed by atoms with Gasteiger partial charge >= 0.3 is 17.9 Å². The molecule has 0 aromatic carbocycles. The van der Waals surface area contributed by atoms with Gasteiger partial charge in [0.25, 0.3) is 0 Å². The SMILES string of the molecule is C=C1CCC(=O)C(C)(C)/C=C/[C@@H](C)C(=O)[C@@]2(O)C[C@@](C)(OC(=O)c3cccnc3)[C@H](OC(=O)CC(C)C)[C@@H]2[C@H]1OC(C)=O. The second-order valence-electron chi connectivity index (χ2n) is 12.9. The molecule has 2 aliphatic carbocycles. The van der Waals surface area contributed by atoms with E-state index in [9.17, 15) is 29.1 Å². The Morgan fingerprint density at radius 2 is 1.81 bits per heavy atom. The van der Waals surface area contributed by atoms with Gasteiger partial charge in [-0.25, -0.2) is 4.79 Å². The number of ketones is 2. The number of carbonyl (C=O) groups is 5.